The van der Waals surface area contributed by atoms with Crippen molar-refractivity contribution in [1.82, 2.24) is 15.1 Å². The molecule has 2 aliphatic heterocycles. The fourth-order valence-electron chi connectivity index (χ4n) is 2.83. The van der Waals surface area contributed by atoms with Crippen molar-refractivity contribution in [2.45, 2.75) is 38.0 Å². The fraction of sp³-hybridized carbons (Fsp3) is 0.875. The summed E-state index contributed by atoms with van der Waals surface area (Å²) >= 11 is 1.83. The molecular formula is C16H30N4O2S. The SMILES string of the molecule is CCNC(=NCC(C)SC)N1CCN(C(=O)C2CCCO2)CC1. The van der Waals surface area contributed by atoms with E-state index in [4.69, 9.17) is 9.73 Å². The minimum absolute atomic E-state index is 0.167. The molecule has 132 valence electrons. The third-order valence-electron chi connectivity index (χ3n) is 4.33. The summed E-state index contributed by atoms with van der Waals surface area (Å²) in [5, 5.41) is 3.89. The van der Waals surface area contributed by atoms with Crippen molar-refractivity contribution in [3.8, 4) is 0 Å². The van der Waals surface area contributed by atoms with Gasteiger partial charge in [0.05, 0.1) is 6.54 Å². The molecule has 7 heteroatoms. The van der Waals surface area contributed by atoms with E-state index in [2.05, 4.69) is 30.3 Å². The molecule has 2 heterocycles. The highest BCUT2D eigenvalue weighted by molar-refractivity contribution is 7.99. The third-order valence-corrected chi connectivity index (χ3v) is 5.29. The molecule has 0 spiro atoms. The quantitative estimate of drug-likeness (QED) is 0.597. The van der Waals surface area contributed by atoms with Crippen LogP contribution in [0.3, 0.4) is 0 Å². The molecule has 2 atom stereocenters. The van der Waals surface area contributed by atoms with Crippen LogP contribution < -0.4 is 5.32 Å². The molecule has 1 amide bonds. The molecule has 2 aliphatic rings. The Morgan fingerprint density at radius 2 is 2.04 bits per heavy atom. The van der Waals surface area contributed by atoms with Crippen molar-refractivity contribution in [2.75, 3.05) is 52.1 Å². The van der Waals surface area contributed by atoms with Crippen LogP contribution in [-0.4, -0.2) is 85.2 Å². The monoisotopic (exact) mass is 342 g/mol. The number of aliphatic imine (C=N–C) groups is 1. The van der Waals surface area contributed by atoms with Gasteiger partial charge in [-0.3, -0.25) is 9.79 Å². The lowest BCUT2D eigenvalue weighted by molar-refractivity contribution is -0.142. The van der Waals surface area contributed by atoms with E-state index in [-0.39, 0.29) is 12.0 Å². The molecule has 1 N–H and O–H groups in total. The highest BCUT2D eigenvalue weighted by Gasteiger charge is 2.30. The first kappa shape index (κ1) is 18.4. The van der Waals surface area contributed by atoms with Crippen molar-refractivity contribution in [2.24, 2.45) is 4.99 Å². The average molecular weight is 343 g/mol. The maximum atomic E-state index is 12.4. The van der Waals surface area contributed by atoms with Gasteiger partial charge in [0.25, 0.3) is 5.91 Å². The Kier molecular flexibility index (Phi) is 7.49. The Balaban J connectivity index is 1.86. The molecular weight excluding hydrogens is 312 g/mol. The summed E-state index contributed by atoms with van der Waals surface area (Å²) in [6, 6.07) is 0. The molecule has 0 radical (unpaired) electrons. The molecule has 0 saturated carbocycles. The number of amides is 1. The highest BCUT2D eigenvalue weighted by atomic mass is 32.2. The number of guanidine groups is 1. The molecule has 0 aromatic heterocycles. The van der Waals surface area contributed by atoms with Crippen molar-refractivity contribution in [1.29, 1.82) is 0 Å². The maximum Gasteiger partial charge on any atom is 0.251 e. The van der Waals surface area contributed by atoms with Crippen LogP contribution >= 0.6 is 11.8 Å². The number of nitrogens with one attached hydrogen (secondary N) is 1. The maximum absolute atomic E-state index is 12.4. The van der Waals surface area contributed by atoms with Crippen molar-refractivity contribution >= 4 is 23.6 Å². The molecule has 2 fully saturated rings. The van der Waals surface area contributed by atoms with Crippen LogP contribution in [0.5, 0.6) is 0 Å². The van der Waals surface area contributed by atoms with Gasteiger partial charge in [0.2, 0.25) is 0 Å². The molecule has 6 nitrogen and oxygen atoms in total. The zero-order valence-electron chi connectivity index (χ0n) is 14.6. The van der Waals surface area contributed by atoms with E-state index >= 15 is 0 Å². The number of thioether (sulfide) groups is 1. The number of nitrogens with zero attached hydrogens (tertiary/aromatic N) is 3. The molecule has 23 heavy (non-hydrogen) atoms. The van der Waals surface area contributed by atoms with Gasteiger partial charge < -0.3 is 19.9 Å². The predicted molar refractivity (Wildman–Crippen MR) is 96.1 cm³/mol. The Morgan fingerprint density at radius 1 is 1.35 bits per heavy atom. The van der Waals surface area contributed by atoms with Crippen LogP contribution in [0.4, 0.5) is 0 Å². The van der Waals surface area contributed by atoms with Crippen LogP contribution in [-0.2, 0) is 9.53 Å². The van der Waals surface area contributed by atoms with Gasteiger partial charge in [0.15, 0.2) is 5.96 Å². The summed E-state index contributed by atoms with van der Waals surface area (Å²) in [7, 11) is 0. The van der Waals surface area contributed by atoms with E-state index < -0.39 is 0 Å². The van der Waals surface area contributed by atoms with E-state index in [9.17, 15) is 4.79 Å². The second kappa shape index (κ2) is 9.37. The van der Waals surface area contributed by atoms with Gasteiger partial charge in [0, 0.05) is 44.6 Å². The highest BCUT2D eigenvalue weighted by Crippen LogP contribution is 2.16. The molecule has 0 aliphatic carbocycles. The minimum Gasteiger partial charge on any atom is -0.368 e. The molecule has 0 aromatic carbocycles. The lowest BCUT2D eigenvalue weighted by atomic mass is 10.2. The van der Waals surface area contributed by atoms with Crippen LogP contribution in [0.15, 0.2) is 4.99 Å². The lowest BCUT2D eigenvalue weighted by Gasteiger charge is -2.37. The van der Waals surface area contributed by atoms with E-state index in [1.165, 1.54) is 0 Å². The van der Waals surface area contributed by atoms with Crippen LogP contribution in [0.25, 0.3) is 0 Å². The number of rotatable bonds is 5. The first-order valence-corrected chi connectivity index (χ1v) is 9.91. The molecule has 0 aromatic rings. The van der Waals surface area contributed by atoms with Crippen LogP contribution in [0, 0.1) is 0 Å². The Bertz CT molecular complexity index is 405. The predicted octanol–water partition coefficient (Wildman–Crippen LogP) is 1.03. The summed E-state index contributed by atoms with van der Waals surface area (Å²) in [6.45, 7) is 9.85. The normalized spacial score (nSPS) is 24.0. The van der Waals surface area contributed by atoms with Crippen molar-refractivity contribution in [3.05, 3.63) is 0 Å². The second-order valence-corrected chi connectivity index (χ2v) is 7.33. The molecule has 2 rings (SSSR count). The van der Waals surface area contributed by atoms with Gasteiger partial charge >= 0.3 is 0 Å². The Hall–Kier alpha value is -0.950. The topological polar surface area (TPSA) is 57.2 Å². The van der Waals surface area contributed by atoms with Crippen LogP contribution in [0.2, 0.25) is 0 Å². The van der Waals surface area contributed by atoms with Gasteiger partial charge in [-0.1, -0.05) is 6.92 Å². The summed E-state index contributed by atoms with van der Waals surface area (Å²) < 4.78 is 5.51. The summed E-state index contributed by atoms with van der Waals surface area (Å²) in [5.41, 5.74) is 0. The number of piperazine rings is 1. The second-order valence-electron chi connectivity index (χ2n) is 6.05. The summed E-state index contributed by atoms with van der Waals surface area (Å²) in [5.74, 6) is 1.14. The Morgan fingerprint density at radius 3 is 2.61 bits per heavy atom. The van der Waals surface area contributed by atoms with Crippen molar-refractivity contribution in [3.63, 3.8) is 0 Å². The average Bonchev–Trinajstić information content (AvgIpc) is 3.12. The first-order chi connectivity index (χ1) is 11.2. The smallest absolute Gasteiger partial charge is 0.251 e. The Labute approximate surface area is 144 Å². The summed E-state index contributed by atoms with van der Waals surface area (Å²) in [6.07, 6.45) is 3.78. The van der Waals surface area contributed by atoms with Gasteiger partial charge in [0.1, 0.15) is 6.10 Å². The number of carbonyl (C=O) groups excluding carboxylic acids is 1. The van der Waals surface area contributed by atoms with E-state index in [1.54, 1.807) is 0 Å². The van der Waals surface area contributed by atoms with E-state index in [0.717, 1.165) is 64.7 Å². The molecule has 0 bridgehead atoms. The number of hydrogen-bond acceptors (Lipinski definition) is 4. The van der Waals surface area contributed by atoms with Gasteiger partial charge in [-0.25, -0.2) is 0 Å². The van der Waals surface area contributed by atoms with Gasteiger partial charge in [-0.15, -0.1) is 0 Å². The van der Waals surface area contributed by atoms with Crippen LogP contribution in [0.1, 0.15) is 26.7 Å². The zero-order valence-corrected chi connectivity index (χ0v) is 15.4. The van der Waals surface area contributed by atoms with E-state index in [1.807, 2.05) is 16.7 Å². The standard InChI is InChI=1S/C16H30N4O2S/c1-4-17-16(18-12-13(2)23-3)20-9-7-19(8-10-20)15(21)14-6-5-11-22-14/h13-14H,4-12H2,1-3H3,(H,17,18). The van der Waals surface area contributed by atoms with Crippen molar-refractivity contribution < 1.29 is 9.53 Å². The summed E-state index contributed by atoms with van der Waals surface area (Å²) in [4.78, 5) is 21.3. The first-order valence-electron chi connectivity index (χ1n) is 8.62. The van der Waals surface area contributed by atoms with Gasteiger partial charge in [-0.2, -0.15) is 11.8 Å². The minimum atomic E-state index is -0.203. The third kappa shape index (κ3) is 5.28. The number of hydrogen-bond donors (Lipinski definition) is 1. The number of carbonyl (C=O) groups is 1. The fourth-order valence-corrected chi connectivity index (χ4v) is 3.05. The van der Waals surface area contributed by atoms with Gasteiger partial charge in [-0.05, 0) is 26.0 Å². The number of ether oxygens (including phenoxy) is 1. The van der Waals surface area contributed by atoms with E-state index in [0.29, 0.717) is 5.25 Å². The zero-order chi connectivity index (χ0) is 16.7. The largest absolute Gasteiger partial charge is 0.368 e. The lowest BCUT2D eigenvalue weighted by Crippen LogP contribution is -2.55. The molecule has 2 unspecified atom stereocenters. The molecule has 2 saturated heterocycles.